The first kappa shape index (κ1) is 35.6. The number of esters is 1. The fourth-order valence-corrected chi connectivity index (χ4v) is 5.25. The number of phenolic OH excluding ortho intramolecular Hbond substituents is 5. The fraction of sp³-hybridized carbons (Fsp3) is 0.433. The number of ether oxygens (including phenoxy) is 5. The van der Waals surface area contributed by atoms with Gasteiger partial charge in [0.15, 0.2) is 29.6 Å². The highest BCUT2D eigenvalue weighted by Gasteiger charge is 2.52. The largest absolute Gasteiger partial charge is 0.507 e. The van der Waals surface area contributed by atoms with E-state index in [1.807, 2.05) is 0 Å². The Balaban J connectivity index is 1.57. The van der Waals surface area contributed by atoms with Crippen LogP contribution in [0.1, 0.15) is 13.3 Å². The SMILES string of the molecule is CC1O[C@@H](OC2[C@H](Oc3cc4c(O)cc(O)cc4[o+]c3-c3cc(O)c(O)c(O)c3)OC(COC(=O)CC(=O)O)[C@@H](O)[C@@H]2O)[C@@H](O)C(O)[C@H]1O. The molecule has 19 nitrogen and oxygen atoms in total. The molecule has 2 aliphatic rings. The molecule has 1 aromatic heterocycles. The molecular formula is C30H33O19+. The van der Waals surface area contributed by atoms with Crippen LogP contribution in [0.4, 0.5) is 0 Å². The predicted octanol–water partition coefficient (Wildman–Crippen LogP) is -1.04. The number of aliphatic hydroxyl groups is 5. The molecule has 0 aliphatic carbocycles. The summed E-state index contributed by atoms with van der Waals surface area (Å²) in [6, 6.07) is 5.13. The van der Waals surface area contributed by atoms with E-state index in [0.29, 0.717) is 0 Å². The molecule has 266 valence electrons. The molecule has 2 aliphatic heterocycles. The molecule has 3 aromatic rings. The number of carboxylic acids is 1. The molecule has 2 aromatic carbocycles. The first-order valence-corrected chi connectivity index (χ1v) is 14.5. The van der Waals surface area contributed by atoms with Crippen molar-refractivity contribution in [2.45, 2.75) is 74.8 Å². The van der Waals surface area contributed by atoms with Gasteiger partial charge >= 0.3 is 23.3 Å². The van der Waals surface area contributed by atoms with Crippen molar-refractivity contribution >= 4 is 22.9 Å². The fourth-order valence-electron chi connectivity index (χ4n) is 5.25. The van der Waals surface area contributed by atoms with Gasteiger partial charge in [-0.05, 0) is 6.92 Å². The van der Waals surface area contributed by atoms with Crippen molar-refractivity contribution in [1.82, 2.24) is 0 Å². The molecule has 3 heterocycles. The third kappa shape index (κ3) is 7.33. The highest BCUT2D eigenvalue weighted by Crippen LogP contribution is 2.45. The Morgan fingerprint density at radius 3 is 2.12 bits per heavy atom. The summed E-state index contributed by atoms with van der Waals surface area (Å²) in [6.45, 7) is 0.542. The van der Waals surface area contributed by atoms with Gasteiger partial charge in [-0.25, -0.2) is 4.42 Å². The zero-order valence-corrected chi connectivity index (χ0v) is 25.3. The van der Waals surface area contributed by atoms with Crippen LogP contribution in [-0.2, 0) is 28.5 Å². The molecule has 11 N–H and O–H groups in total. The molecule has 10 atom stereocenters. The Hall–Kier alpha value is -4.73. The Kier molecular flexibility index (Phi) is 10.2. The number of aliphatic hydroxyl groups excluding tert-OH is 5. The lowest BCUT2D eigenvalue weighted by molar-refractivity contribution is -0.354. The van der Waals surface area contributed by atoms with Crippen LogP contribution in [0.5, 0.6) is 34.5 Å². The van der Waals surface area contributed by atoms with E-state index in [0.717, 1.165) is 30.3 Å². The molecule has 0 spiro atoms. The molecule has 0 radical (unpaired) electrons. The summed E-state index contributed by atoms with van der Waals surface area (Å²) in [4.78, 5) is 22.8. The van der Waals surface area contributed by atoms with Crippen LogP contribution in [-0.4, -0.2) is 136 Å². The van der Waals surface area contributed by atoms with Crippen molar-refractivity contribution in [2.75, 3.05) is 6.61 Å². The normalized spacial score (nSPS) is 30.2. The number of carboxylic acid groups (broad SMARTS) is 1. The van der Waals surface area contributed by atoms with Crippen molar-refractivity contribution in [3.05, 3.63) is 30.3 Å². The number of carbonyl (C=O) groups excluding carboxylic acids is 1. The Bertz CT molecular complexity index is 1690. The van der Waals surface area contributed by atoms with E-state index in [-0.39, 0.29) is 22.3 Å². The summed E-state index contributed by atoms with van der Waals surface area (Å²) in [5.41, 5.74) is -0.305. The lowest BCUT2D eigenvalue weighted by Crippen LogP contribution is -2.64. The van der Waals surface area contributed by atoms with Crippen molar-refractivity contribution < 1.29 is 93.9 Å². The zero-order valence-electron chi connectivity index (χ0n) is 25.3. The molecule has 0 bridgehead atoms. The monoisotopic (exact) mass is 697 g/mol. The second-order valence-corrected chi connectivity index (χ2v) is 11.4. The van der Waals surface area contributed by atoms with E-state index >= 15 is 0 Å². The summed E-state index contributed by atoms with van der Waals surface area (Å²) in [7, 11) is 0. The van der Waals surface area contributed by atoms with E-state index in [9.17, 15) is 60.7 Å². The van der Waals surface area contributed by atoms with Gasteiger partial charge in [-0.15, -0.1) is 0 Å². The van der Waals surface area contributed by atoms with E-state index in [4.69, 9.17) is 33.2 Å². The Labute approximate surface area is 274 Å². The second kappa shape index (κ2) is 14.0. The van der Waals surface area contributed by atoms with Gasteiger partial charge in [0.2, 0.25) is 12.0 Å². The van der Waals surface area contributed by atoms with Crippen LogP contribution in [0.25, 0.3) is 22.3 Å². The van der Waals surface area contributed by atoms with Gasteiger partial charge in [0.05, 0.1) is 17.7 Å². The maximum atomic E-state index is 11.9. The van der Waals surface area contributed by atoms with Gasteiger partial charge in [-0.3, -0.25) is 9.59 Å². The highest BCUT2D eigenvalue weighted by molar-refractivity contribution is 5.90. The number of hydrogen-bond donors (Lipinski definition) is 11. The number of fused-ring (bicyclic) bond motifs is 1. The first-order valence-electron chi connectivity index (χ1n) is 14.5. The summed E-state index contributed by atoms with van der Waals surface area (Å²) >= 11 is 0. The predicted molar refractivity (Wildman–Crippen MR) is 156 cm³/mol. The van der Waals surface area contributed by atoms with Crippen LogP contribution in [0.2, 0.25) is 0 Å². The van der Waals surface area contributed by atoms with Crippen LogP contribution in [0, 0.1) is 0 Å². The quantitative estimate of drug-likeness (QED) is 0.0551. The van der Waals surface area contributed by atoms with E-state index < -0.39 is 121 Å². The second-order valence-electron chi connectivity index (χ2n) is 11.4. The first-order chi connectivity index (χ1) is 23.0. The molecule has 0 saturated carbocycles. The average Bonchev–Trinajstić information content (AvgIpc) is 3.03. The molecule has 2 saturated heterocycles. The van der Waals surface area contributed by atoms with Crippen molar-refractivity contribution in [3.63, 3.8) is 0 Å². The number of hydrogen-bond acceptors (Lipinski definition) is 17. The molecule has 4 unspecified atom stereocenters. The van der Waals surface area contributed by atoms with Gasteiger partial charge < -0.3 is 79.9 Å². The number of phenols is 5. The Morgan fingerprint density at radius 1 is 0.796 bits per heavy atom. The molecule has 5 rings (SSSR count). The van der Waals surface area contributed by atoms with E-state index in [1.165, 1.54) is 6.92 Å². The molecule has 19 heteroatoms. The number of rotatable bonds is 9. The van der Waals surface area contributed by atoms with Crippen LogP contribution in [0.15, 0.2) is 34.7 Å². The third-order valence-corrected chi connectivity index (χ3v) is 7.84. The van der Waals surface area contributed by atoms with Crippen molar-refractivity contribution in [1.29, 1.82) is 0 Å². The lowest BCUT2D eigenvalue weighted by atomic mass is 9.97. The summed E-state index contributed by atoms with van der Waals surface area (Å²) in [6.07, 6.45) is -18.4. The van der Waals surface area contributed by atoms with E-state index in [1.54, 1.807) is 0 Å². The number of carbonyl (C=O) groups is 2. The highest BCUT2D eigenvalue weighted by atomic mass is 16.8. The average molecular weight is 698 g/mol. The maximum absolute atomic E-state index is 11.9. The summed E-state index contributed by atoms with van der Waals surface area (Å²) < 4.78 is 33.8. The standard InChI is InChI=1S/C30H32O19/c1-9-21(38)24(41)26(43)29(45-9)49-28-25(42)23(40)18(8-44-20(37)7-19(35)36)48-30(28)47-17-6-12-13(32)4-11(31)5-16(12)46-27(17)10-2-14(33)22(39)15(34)3-10/h2-6,9,18,21,23-26,28-30,38,40-43H,7-8H2,1H3,(H5-,31,32,33,34,35,36,39)/p+1/t9?,18?,21-,23+,24?,25-,26-,28?,29-,30+/m0/s1. The van der Waals surface area contributed by atoms with Crippen molar-refractivity contribution in [3.8, 4) is 45.8 Å². The number of benzene rings is 2. The molecular weight excluding hydrogens is 664 g/mol. The molecule has 49 heavy (non-hydrogen) atoms. The number of aromatic hydroxyl groups is 5. The molecule has 0 amide bonds. The van der Waals surface area contributed by atoms with Gasteiger partial charge in [0.1, 0.15) is 66.5 Å². The van der Waals surface area contributed by atoms with Crippen LogP contribution >= 0.6 is 0 Å². The zero-order chi connectivity index (χ0) is 35.9. The third-order valence-electron chi connectivity index (χ3n) is 7.84. The van der Waals surface area contributed by atoms with Crippen LogP contribution in [0.3, 0.4) is 0 Å². The maximum Gasteiger partial charge on any atom is 0.402 e. The minimum atomic E-state index is -2.01. The Morgan fingerprint density at radius 2 is 1.47 bits per heavy atom. The minimum absolute atomic E-state index is 0.0752. The molecule has 2 fully saturated rings. The van der Waals surface area contributed by atoms with Gasteiger partial charge in [-0.2, -0.15) is 0 Å². The smallest absolute Gasteiger partial charge is 0.402 e. The van der Waals surface area contributed by atoms with Crippen molar-refractivity contribution in [2.24, 2.45) is 0 Å². The van der Waals surface area contributed by atoms with Gasteiger partial charge in [0, 0.05) is 24.3 Å². The van der Waals surface area contributed by atoms with Crippen LogP contribution < -0.4 is 4.74 Å². The summed E-state index contributed by atoms with van der Waals surface area (Å²) in [5, 5.41) is 113. The minimum Gasteiger partial charge on any atom is -0.507 e. The number of aliphatic carboxylic acids is 1. The van der Waals surface area contributed by atoms with E-state index in [2.05, 4.69) is 0 Å². The topological polar surface area (TPSA) is 314 Å². The lowest BCUT2D eigenvalue weighted by Gasteiger charge is -2.45. The summed E-state index contributed by atoms with van der Waals surface area (Å²) in [5.74, 6) is -6.87. The van der Waals surface area contributed by atoms with Gasteiger partial charge in [0.25, 0.3) is 0 Å². The van der Waals surface area contributed by atoms with Gasteiger partial charge in [-0.1, -0.05) is 0 Å².